The molecule has 1 aliphatic rings. The molecule has 0 atom stereocenters. The zero-order valence-electron chi connectivity index (χ0n) is 12.5. The van der Waals surface area contributed by atoms with Crippen molar-refractivity contribution in [2.75, 3.05) is 18.4 Å². The summed E-state index contributed by atoms with van der Waals surface area (Å²) >= 11 is 0. The van der Waals surface area contributed by atoms with E-state index in [0.29, 0.717) is 18.8 Å². The number of aromatic nitrogens is 1. The molecule has 22 heavy (non-hydrogen) atoms. The van der Waals surface area contributed by atoms with Crippen LogP contribution < -0.4 is 5.32 Å². The Labute approximate surface area is 128 Å². The smallest absolute Gasteiger partial charge is 0.276 e. The molecule has 2 aromatic rings. The van der Waals surface area contributed by atoms with Crippen LogP contribution in [0.2, 0.25) is 0 Å². The largest absolute Gasteiger partial charge is 0.361 e. The molecular weight excluding hydrogens is 282 g/mol. The molecule has 1 aromatic carbocycles. The number of hydrogen-bond donors (Lipinski definition) is 1. The van der Waals surface area contributed by atoms with Gasteiger partial charge in [0.15, 0.2) is 5.69 Å². The van der Waals surface area contributed by atoms with Crippen molar-refractivity contribution in [2.45, 2.75) is 13.8 Å². The number of carbonyl (C=O) groups excluding carboxylic acids is 2. The number of hydrogen-bond acceptors (Lipinski definition) is 4. The van der Waals surface area contributed by atoms with E-state index < -0.39 is 0 Å². The first-order valence-corrected chi connectivity index (χ1v) is 7.13. The molecule has 114 valence electrons. The van der Waals surface area contributed by atoms with Crippen LogP contribution in [0.25, 0.3) is 0 Å². The van der Waals surface area contributed by atoms with Gasteiger partial charge in [-0.05, 0) is 25.5 Å². The minimum absolute atomic E-state index is 0.0605. The van der Waals surface area contributed by atoms with Crippen molar-refractivity contribution in [3.05, 3.63) is 47.3 Å². The van der Waals surface area contributed by atoms with E-state index >= 15 is 0 Å². The third-order valence-electron chi connectivity index (χ3n) is 3.79. The Morgan fingerprint density at radius 3 is 2.64 bits per heavy atom. The minimum atomic E-state index is -0.197. The van der Waals surface area contributed by atoms with Crippen molar-refractivity contribution in [1.82, 2.24) is 10.1 Å². The molecule has 6 heteroatoms. The SMILES string of the molecule is Cc1cc(C(=O)N2CC(C(=O)Nc3ccccc3C)C2)no1. The summed E-state index contributed by atoms with van der Waals surface area (Å²) in [6, 6.07) is 9.22. The summed E-state index contributed by atoms with van der Waals surface area (Å²) in [5.41, 5.74) is 2.11. The van der Waals surface area contributed by atoms with E-state index in [1.54, 1.807) is 17.9 Å². The average molecular weight is 299 g/mol. The molecule has 6 nitrogen and oxygen atoms in total. The molecule has 1 aliphatic heterocycles. The summed E-state index contributed by atoms with van der Waals surface area (Å²) in [5, 5.41) is 6.61. The quantitative estimate of drug-likeness (QED) is 0.940. The number of amides is 2. The molecule has 0 aliphatic carbocycles. The molecule has 1 N–H and O–H groups in total. The van der Waals surface area contributed by atoms with Gasteiger partial charge in [-0.2, -0.15) is 0 Å². The lowest BCUT2D eigenvalue weighted by molar-refractivity contribution is -0.123. The van der Waals surface area contributed by atoms with E-state index in [1.807, 2.05) is 31.2 Å². The Bertz CT molecular complexity index is 717. The molecule has 3 rings (SSSR count). The average Bonchev–Trinajstić information content (AvgIpc) is 2.86. The number of benzene rings is 1. The standard InChI is InChI=1S/C16H17N3O3/c1-10-5-3-4-6-13(10)17-15(20)12-8-19(9-12)16(21)14-7-11(2)22-18-14/h3-7,12H,8-9H2,1-2H3,(H,17,20). The van der Waals surface area contributed by atoms with Crippen LogP contribution in [-0.4, -0.2) is 35.0 Å². The van der Waals surface area contributed by atoms with Gasteiger partial charge >= 0.3 is 0 Å². The Balaban J connectivity index is 1.56. The highest BCUT2D eigenvalue weighted by atomic mass is 16.5. The Hall–Kier alpha value is -2.63. The molecule has 1 aromatic heterocycles. The number of carbonyl (C=O) groups is 2. The fraction of sp³-hybridized carbons (Fsp3) is 0.312. The van der Waals surface area contributed by atoms with Crippen molar-refractivity contribution >= 4 is 17.5 Å². The highest BCUT2D eigenvalue weighted by Gasteiger charge is 2.37. The van der Waals surface area contributed by atoms with Gasteiger partial charge in [-0.15, -0.1) is 0 Å². The predicted octanol–water partition coefficient (Wildman–Crippen LogP) is 2.00. The first kappa shape index (κ1) is 14.3. The van der Waals surface area contributed by atoms with E-state index in [1.165, 1.54) is 0 Å². The molecule has 0 unspecified atom stereocenters. The van der Waals surface area contributed by atoms with E-state index in [2.05, 4.69) is 10.5 Å². The second-order valence-corrected chi connectivity index (χ2v) is 5.53. The van der Waals surface area contributed by atoms with Crippen LogP contribution in [0.4, 0.5) is 5.69 Å². The van der Waals surface area contributed by atoms with Crippen LogP contribution in [0.3, 0.4) is 0 Å². The highest BCUT2D eigenvalue weighted by molar-refractivity contribution is 5.97. The van der Waals surface area contributed by atoms with E-state index in [4.69, 9.17) is 4.52 Å². The number of para-hydroxylation sites is 1. The fourth-order valence-corrected chi connectivity index (χ4v) is 2.39. The minimum Gasteiger partial charge on any atom is -0.361 e. The highest BCUT2D eigenvalue weighted by Crippen LogP contribution is 2.21. The zero-order chi connectivity index (χ0) is 15.7. The van der Waals surface area contributed by atoms with Crippen molar-refractivity contribution in [1.29, 1.82) is 0 Å². The number of anilines is 1. The monoisotopic (exact) mass is 299 g/mol. The van der Waals surface area contributed by atoms with Gasteiger partial charge in [0.2, 0.25) is 5.91 Å². The maximum Gasteiger partial charge on any atom is 0.276 e. The topological polar surface area (TPSA) is 75.4 Å². The van der Waals surface area contributed by atoms with E-state index in [9.17, 15) is 9.59 Å². The van der Waals surface area contributed by atoms with Gasteiger partial charge in [-0.25, -0.2) is 0 Å². The van der Waals surface area contributed by atoms with Gasteiger partial charge in [0, 0.05) is 24.8 Å². The number of aryl methyl sites for hydroxylation is 2. The van der Waals surface area contributed by atoms with Crippen molar-refractivity contribution in [3.8, 4) is 0 Å². The van der Waals surface area contributed by atoms with Crippen LogP contribution in [0.15, 0.2) is 34.9 Å². The first-order valence-electron chi connectivity index (χ1n) is 7.13. The lowest BCUT2D eigenvalue weighted by Crippen LogP contribution is -2.54. The second kappa shape index (κ2) is 5.63. The Morgan fingerprint density at radius 1 is 1.27 bits per heavy atom. The molecular formula is C16H17N3O3. The van der Waals surface area contributed by atoms with Gasteiger partial charge in [-0.3, -0.25) is 9.59 Å². The van der Waals surface area contributed by atoms with Crippen LogP contribution >= 0.6 is 0 Å². The third-order valence-corrected chi connectivity index (χ3v) is 3.79. The molecule has 2 heterocycles. The summed E-state index contributed by atoms with van der Waals surface area (Å²) in [7, 11) is 0. The van der Waals surface area contributed by atoms with E-state index in [-0.39, 0.29) is 23.4 Å². The molecule has 1 fully saturated rings. The Kier molecular flexibility index (Phi) is 3.66. The van der Waals surface area contributed by atoms with E-state index in [0.717, 1.165) is 11.3 Å². The number of rotatable bonds is 3. The molecule has 2 amide bonds. The zero-order valence-corrected chi connectivity index (χ0v) is 12.5. The normalized spacial score (nSPS) is 14.5. The van der Waals surface area contributed by atoms with Crippen LogP contribution in [0, 0.1) is 19.8 Å². The lowest BCUT2D eigenvalue weighted by Gasteiger charge is -2.37. The van der Waals surface area contributed by atoms with Gasteiger partial charge in [0.25, 0.3) is 5.91 Å². The van der Waals surface area contributed by atoms with Gasteiger partial charge < -0.3 is 14.7 Å². The molecule has 0 radical (unpaired) electrons. The Morgan fingerprint density at radius 2 is 2.00 bits per heavy atom. The van der Waals surface area contributed by atoms with Crippen molar-refractivity contribution in [2.24, 2.45) is 5.92 Å². The molecule has 0 spiro atoms. The van der Waals surface area contributed by atoms with Crippen LogP contribution in [0.5, 0.6) is 0 Å². The summed E-state index contributed by atoms with van der Waals surface area (Å²) in [4.78, 5) is 25.9. The molecule has 0 bridgehead atoms. The van der Waals surface area contributed by atoms with Gasteiger partial charge in [-0.1, -0.05) is 23.4 Å². The third kappa shape index (κ3) is 2.72. The van der Waals surface area contributed by atoms with Crippen molar-refractivity contribution in [3.63, 3.8) is 0 Å². The lowest BCUT2D eigenvalue weighted by atomic mass is 9.98. The van der Waals surface area contributed by atoms with Gasteiger partial charge in [0.05, 0.1) is 5.92 Å². The van der Waals surface area contributed by atoms with Crippen LogP contribution in [-0.2, 0) is 4.79 Å². The number of nitrogens with zero attached hydrogens (tertiary/aromatic N) is 2. The summed E-state index contributed by atoms with van der Waals surface area (Å²) in [5.74, 6) is 0.153. The maximum absolute atomic E-state index is 12.2. The summed E-state index contributed by atoms with van der Waals surface area (Å²) in [6.45, 7) is 4.49. The summed E-state index contributed by atoms with van der Waals surface area (Å²) in [6.07, 6.45) is 0. The molecule has 0 saturated carbocycles. The second-order valence-electron chi connectivity index (χ2n) is 5.53. The fourth-order valence-electron chi connectivity index (χ4n) is 2.39. The predicted molar refractivity (Wildman–Crippen MR) is 80.4 cm³/mol. The first-order chi connectivity index (χ1) is 10.5. The maximum atomic E-state index is 12.2. The van der Waals surface area contributed by atoms with Gasteiger partial charge in [0.1, 0.15) is 5.76 Å². The molecule has 1 saturated heterocycles. The number of nitrogens with one attached hydrogen (secondary N) is 1. The summed E-state index contributed by atoms with van der Waals surface area (Å²) < 4.78 is 4.89. The van der Waals surface area contributed by atoms with Crippen LogP contribution in [0.1, 0.15) is 21.8 Å². The number of likely N-dealkylation sites (tertiary alicyclic amines) is 1. The van der Waals surface area contributed by atoms with Crippen molar-refractivity contribution < 1.29 is 14.1 Å².